The Bertz CT molecular complexity index is 935. The maximum absolute atomic E-state index is 12.3. The number of alkyl halides is 2. The van der Waals surface area contributed by atoms with E-state index in [4.69, 9.17) is 0 Å². The molecule has 6 nitrogen and oxygen atoms in total. The normalized spacial score (nSPS) is 16.0. The van der Waals surface area contributed by atoms with Crippen LogP contribution < -0.4 is 10.1 Å². The Labute approximate surface area is 148 Å². The van der Waals surface area contributed by atoms with Crippen LogP contribution in [0.3, 0.4) is 0 Å². The summed E-state index contributed by atoms with van der Waals surface area (Å²) in [7, 11) is 0. The van der Waals surface area contributed by atoms with Gasteiger partial charge < -0.3 is 10.1 Å². The highest BCUT2D eigenvalue weighted by Gasteiger charge is 2.24. The van der Waals surface area contributed by atoms with Crippen molar-refractivity contribution in [3.8, 4) is 5.75 Å². The molecule has 3 aromatic rings. The molecule has 0 amide bonds. The van der Waals surface area contributed by atoms with Gasteiger partial charge in [0.15, 0.2) is 0 Å². The minimum absolute atomic E-state index is 0.109. The third-order valence-corrected chi connectivity index (χ3v) is 4.14. The number of allylic oxidation sites excluding steroid dienone is 1. The van der Waals surface area contributed by atoms with E-state index in [-0.39, 0.29) is 11.8 Å². The summed E-state index contributed by atoms with van der Waals surface area (Å²) in [6.45, 7) is -0.822. The second kappa shape index (κ2) is 6.55. The number of aromatic nitrogens is 4. The number of tetrazole rings is 1. The van der Waals surface area contributed by atoms with Crippen molar-refractivity contribution < 1.29 is 13.5 Å². The van der Waals surface area contributed by atoms with Crippen LogP contribution >= 0.6 is 0 Å². The van der Waals surface area contributed by atoms with Crippen LogP contribution in [0.15, 0.2) is 54.6 Å². The number of anilines is 1. The number of halogens is 2. The minimum Gasteiger partial charge on any atom is -0.435 e. The predicted molar refractivity (Wildman–Crippen MR) is 91.8 cm³/mol. The van der Waals surface area contributed by atoms with Gasteiger partial charge in [0, 0.05) is 5.70 Å². The molecule has 4 rings (SSSR count). The molecule has 1 aliphatic heterocycles. The van der Waals surface area contributed by atoms with E-state index in [0.717, 1.165) is 16.8 Å². The first kappa shape index (κ1) is 16.2. The molecule has 132 valence electrons. The van der Waals surface area contributed by atoms with Crippen molar-refractivity contribution in [3.63, 3.8) is 0 Å². The molecule has 2 heterocycles. The Morgan fingerprint density at radius 1 is 1.08 bits per heavy atom. The molecular formula is C18H15F2N5O. The molecule has 0 saturated heterocycles. The van der Waals surface area contributed by atoms with Gasteiger partial charge in [0.05, 0.1) is 0 Å². The number of rotatable bonds is 4. The molecule has 2 aromatic carbocycles. The van der Waals surface area contributed by atoms with Crippen LogP contribution in [0.2, 0.25) is 0 Å². The summed E-state index contributed by atoms with van der Waals surface area (Å²) < 4.78 is 30.7. The number of aryl methyl sites for hydroxylation is 1. The molecule has 1 aliphatic rings. The molecule has 0 saturated carbocycles. The Balaban J connectivity index is 1.70. The number of ether oxygens (including phenoxy) is 1. The fraction of sp³-hybridized carbons (Fsp3) is 0.167. The van der Waals surface area contributed by atoms with Gasteiger partial charge in [0.1, 0.15) is 11.8 Å². The predicted octanol–water partition coefficient (Wildman–Crippen LogP) is 3.64. The van der Waals surface area contributed by atoms with Crippen molar-refractivity contribution in [1.29, 1.82) is 0 Å². The summed E-state index contributed by atoms with van der Waals surface area (Å²) in [4.78, 5) is 0. The van der Waals surface area contributed by atoms with Crippen LogP contribution in [0, 0.1) is 6.92 Å². The van der Waals surface area contributed by atoms with Crippen LogP contribution in [0.25, 0.3) is 5.70 Å². The summed E-state index contributed by atoms with van der Waals surface area (Å²) in [5, 5.41) is 15.0. The lowest BCUT2D eigenvalue weighted by atomic mass is 10.0. The minimum atomic E-state index is -2.85. The first-order chi connectivity index (χ1) is 12.6. The maximum Gasteiger partial charge on any atom is 0.387 e. The van der Waals surface area contributed by atoms with Crippen LogP contribution in [-0.4, -0.2) is 26.8 Å². The number of benzene rings is 2. The van der Waals surface area contributed by atoms with E-state index in [2.05, 4.69) is 25.6 Å². The van der Waals surface area contributed by atoms with Crippen molar-refractivity contribution in [3.05, 3.63) is 71.3 Å². The first-order valence-electron chi connectivity index (χ1n) is 7.99. The monoisotopic (exact) mass is 355 g/mol. The van der Waals surface area contributed by atoms with Crippen molar-refractivity contribution >= 4 is 11.6 Å². The lowest BCUT2D eigenvalue weighted by Gasteiger charge is -2.23. The number of hydrogen-bond acceptors (Lipinski definition) is 5. The Morgan fingerprint density at radius 2 is 1.81 bits per heavy atom. The molecule has 0 bridgehead atoms. The lowest BCUT2D eigenvalue weighted by molar-refractivity contribution is -0.0498. The van der Waals surface area contributed by atoms with Crippen LogP contribution in [0.5, 0.6) is 5.75 Å². The van der Waals surface area contributed by atoms with Crippen molar-refractivity contribution in [2.75, 3.05) is 5.32 Å². The second-order valence-electron chi connectivity index (χ2n) is 5.91. The number of fused-ring (bicyclic) bond motifs is 1. The summed E-state index contributed by atoms with van der Waals surface area (Å²) in [5.74, 6) is 0.623. The highest BCUT2D eigenvalue weighted by Crippen LogP contribution is 2.32. The second-order valence-corrected chi connectivity index (χ2v) is 5.91. The van der Waals surface area contributed by atoms with Crippen molar-refractivity contribution in [2.45, 2.75) is 19.6 Å². The topological polar surface area (TPSA) is 64.9 Å². The van der Waals surface area contributed by atoms with E-state index in [9.17, 15) is 8.78 Å². The molecule has 8 heteroatoms. The molecule has 0 unspecified atom stereocenters. The van der Waals surface area contributed by atoms with E-state index in [0.29, 0.717) is 5.95 Å². The fourth-order valence-corrected chi connectivity index (χ4v) is 2.84. The molecule has 0 spiro atoms. The van der Waals surface area contributed by atoms with Gasteiger partial charge in [-0.1, -0.05) is 47.1 Å². The molecule has 0 aliphatic carbocycles. The van der Waals surface area contributed by atoms with Gasteiger partial charge in [-0.2, -0.15) is 13.5 Å². The van der Waals surface area contributed by atoms with Crippen LogP contribution in [0.4, 0.5) is 14.7 Å². The third kappa shape index (κ3) is 3.13. The van der Waals surface area contributed by atoms with Crippen LogP contribution in [0.1, 0.15) is 22.7 Å². The molecule has 1 atom stereocenters. The molecule has 26 heavy (non-hydrogen) atoms. The quantitative estimate of drug-likeness (QED) is 0.774. The zero-order valence-electron chi connectivity index (χ0n) is 13.8. The van der Waals surface area contributed by atoms with Gasteiger partial charge in [0.25, 0.3) is 0 Å². The molecule has 0 radical (unpaired) electrons. The zero-order chi connectivity index (χ0) is 18.1. The summed E-state index contributed by atoms with van der Waals surface area (Å²) in [6.07, 6.45) is 2.00. The standard InChI is InChI=1S/C18H15F2N5O/c1-11-2-4-12(5-3-11)15-10-16(25-18(21-15)22-23-24-25)13-6-8-14(9-7-13)26-17(19)20/h2-10,16-17H,1H3,(H,21,22,24)/t16-/m0/s1. The third-order valence-electron chi connectivity index (χ3n) is 4.14. The lowest BCUT2D eigenvalue weighted by Crippen LogP contribution is -2.20. The van der Waals surface area contributed by atoms with Crippen molar-refractivity contribution in [2.24, 2.45) is 0 Å². The largest absolute Gasteiger partial charge is 0.435 e. The number of nitrogens with zero attached hydrogens (tertiary/aromatic N) is 4. The fourth-order valence-electron chi connectivity index (χ4n) is 2.84. The Morgan fingerprint density at radius 3 is 2.50 bits per heavy atom. The SMILES string of the molecule is Cc1ccc(C2=C[C@@H](c3ccc(OC(F)F)cc3)n3nnnc3N2)cc1. The van der Waals surface area contributed by atoms with E-state index in [1.165, 1.54) is 17.7 Å². The van der Waals surface area contributed by atoms with E-state index < -0.39 is 6.61 Å². The highest BCUT2D eigenvalue weighted by atomic mass is 19.3. The molecule has 1 N–H and O–H groups in total. The summed E-state index contributed by atoms with van der Waals surface area (Å²) in [5.41, 5.74) is 3.91. The average Bonchev–Trinajstić information content (AvgIpc) is 3.10. The Kier molecular flexibility index (Phi) is 4.08. The van der Waals surface area contributed by atoms with E-state index in [1.807, 2.05) is 37.3 Å². The van der Waals surface area contributed by atoms with Gasteiger partial charge >= 0.3 is 6.61 Å². The molecule has 0 fully saturated rings. The van der Waals surface area contributed by atoms with E-state index >= 15 is 0 Å². The molecule has 1 aromatic heterocycles. The smallest absolute Gasteiger partial charge is 0.387 e. The first-order valence-corrected chi connectivity index (χ1v) is 7.99. The zero-order valence-corrected chi connectivity index (χ0v) is 13.8. The van der Waals surface area contributed by atoms with Crippen LogP contribution in [-0.2, 0) is 0 Å². The summed E-state index contributed by atoms with van der Waals surface area (Å²) >= 11 is 0. The van der Waals surface area contributed by atoms with Gasteiger partial charge in [-0.3, -0.25) is 0 Å². The maximum atomic E-state index is 12.3. The number of hydrogen-bond donors (Lipinski definition) is 1. The number of nitrogens with one attached hydrogen (secondary N) is 1. The summed E-state index contributed by atoms with van der Waals surface area (Å²) in [6, 6.07) is 14.3. The highest BCUT2D eigenvalue weighted by molar-refractivity contribution is 5.77. The van der Waals surface area contributed by atoms with Gasteiger partial charge in [0.2, 0.25) is 5.95 Å². The Hall–Kier alpha value is -3.29. The van der Waals surface area contributed by atoms with Crippen molar-refractivity contribution in [1.82, 2.24) is 20.2 Å². The molecular weight excluding hydrogens is 340 g/mol. The van der Waals surface area contributed by atoms with Gasteiger partial charge in [-0.15, -0.1) is 0 Å². The van der Waals surface area contributed by atoms with Gasteiger partial charge in [-0.05, 0) is 46.7 Å². The average molecular weight is 355 g/mol. The van der Waals surface area contributed by atoms with E-state index in [1.54, 1.807) is 16.8 Å². The van der Waals surface area contributed by atoms with Gasteiger partial charge in [-0.25, -0.2) is 0 Å².